The number of nitrogens with two attached hydrogens (primary N) is 1. The Hall–Kier alpha value is -2.21. The molecule has 0 spiro atoms. The Morgan fingerprint density at radius 2 is 1.67 bits per heavy atom. The lowest BCUT2D eigenvalue weighted by Crippen LogP contribution is -2.47. The van der Waals surface area contributed by atoms with Crippen LogP contribution >= 0.6 is 0 Å². The molecule has 1 aromatic carbocycles. The van der Waals surface area contributed by atoms with E-state index in [1.165, 1.54) is 0 Å². The Kier molecular flexibility index (Phi) is 3.82. The molecule has 6 nitrogen and oxygen atoms in total. The molecule has 1 aromatic rings. The summed E-state index contributed by atoms with van der Waals surface area (Å²) < 4.78 is 5.14. The molecule has 1 heterocycles. The second-order valence-corrected chi connectivity index (χ2v) is 5.91. The maximum atomic E-state index is 12.1. The second-order valence-electron chi connectivity index (χ2n) is 5.91. The van der Waals surface area contributed by atoms with Crippen molar-refractivity contribution in [1.29, 1.82) is 0 Å². The monoisotopic (exact) mass is 290 g/mol. The summed E-state index contributed by atoms with van der Waals surface area (Å²) in [5.74, 6) is -1.51. The first-order chi connectivity index (χ1) is 9.70. The van der Waals surface area contributed by atoms with Gasteiger partial charge in [-0.15, -0.1) is 0 Å². The summed E-state index contributed by atoms with van der Waals surface area (Å²) in [7, 11) is 0. The standard InChI is InChI=1S/C15H18N2O4/c1-15(2,3)21-14(20)11(16)8-17-12(18)9-6-4-5-7-10(9)13(17)19/h4-7,11H,8,16H2,1-3H3/t11-/m1/s1. The van der Waals surface area contributed by atoms with E-state index < -0.39 is 29.4 Å². The molecule has 0 unspecified atom stereocenters. The minimum absolute atomic E-state index is 0.193. The summed E-state index contributed by atoms with van der Waals surface area (Å²) >= 11 is 0. The Morgan fingerprint density at radius 3 is 2.10 bits per heavy atom. The topological polar surface area (TPSA) is 89.7 Å². The maximum absolute atomic E-state index is 12.1. The maximum Gasteiger partial charge on any atom is 0.325 e. The minimum Gasteiger partial charge on any atom is -0.459 e. The molecule has 0 bridgehead atoms. The van der Waals surface area contributed by atoms with Gasteiger partial charge >= 0.3 is 5.97 Å². The number of hydrogen-bond acceptors (Lipinski definition) is 5. The summed E-state index contributed by atoms with van der Waals surface area (Å²) in [6, 6.07) is 5.46. The van der Waals surface area contributed by atoms with E-state index in [9.17, 15) is 14.4 Å². The number of carbonyl (C=O) groups excluding carboxylic acids is 3. The first-order valence-corrected chi connectivity index (χ1v) is 6.64. The molecular weight excluding hydrogens is 272 g/mol. The van der Waals surface area contributed by atoms with Gasteiger partial charge in [0.15, 0.2) is 0 Å². The number of hydrogen-bond donors (Lipinski definition) is 1. The molecule has 0 saturated carbocycles. The van der Waals surface area contributed by atoms with Crippen molar-refractivity contribution in [2.45, 2.75) is 32.4 Å². The zero-order chi connectivity index (χ0) is 15.8. The number of imide groups is 1. The summed E-state index contributed by atoms with van der Waals surface area (Å²) in [5, 5.41) is 0. The molecule has 0 saturated heterocycles. The number of carbonyl (C=O) groups is 3. The van der Waals surface area contributed by atoms with Crippen molar-refractivity contribution in [3.05, 3.63) is 35.4 Å². The van der Waals surface area contributed by atoms with Gasteiger partial charge in [0, 0.05) is 0 Å². The van der Waals surface area contributed by atoms with Gasteiger partial charge in [0.1, 0.15) is 11.6 Å². The summed E-state index contributed by atoms with van der Waals surface area (Å²) in [6.07, 6.45) is 0. The van der Waals surface area contributed by atoms with Crippen molar-refractivity contribution in [3.63, 3.8) is 0 Å². The molecule has 0 aromatic heterocycles. The third-order valence-electron chi connectivity index (χ3n) is 2.97. The molecule has 1 aliphatic heterocycles. The van der Waals surface area contributed by atoms with Crippen molar-refractivity contribution in [3.8, 4) is 0 Å². The molecule has 112 valence electrons. The average Bonchev–Trinajstić information content (AvgIpc) is 2.62. The number of benzene rings is 1. The number of fused-ring (bicyclic) bond motifs is 1. The van der Waals surface area contributed by atoms with Crippen LogP contribution in [0.4, 0.5) is 0 Å². The fourth-order valence-electron chi connectivity index (χ4n) is 2.05. The first-order valence-electron chi connectivity index (χ1n) is 6.64. The van der Waals surface area contributed by atoms with E-state index in [0.29, 0.717) is 11.1 Å². The van der Waals surface area contributed by atoms with E-state index in [1.807, 2.05) is 0 Å². The smallest absolute Gasteiger partial charge is 0.325 e. The molecule has 2 rings (SSSR count). The Morgan fingerprint density at radius 1 is 1.19 bits per heavy atom. The molecule has 2 amide bonds. The molecule has 6 heteroatoms. The average molecular weight is 290 g/mol. The van der Waals surface area contributed by atoms with E-state index in [1.54, 1.807) is 45.0 Å². The Labute approximate surface area is 122 Å². The van der Waals surface area contributed by atoms with Gasteiger partial charge in [-0.3, -0.25) is 19.3 Å². The zero-order valence-corrected chi connectivity index (χ0v) is 12.3. The second kappa shape index (κ2) is 5.29. The third-order valence-corrected chi connectivity index (χ3v) is 2.97. The lowest BCUT2D eigenvalue weighted by atomic mass is 10.1. The van der Waals surface area contributed by atoms with E-state index in [-0.39, 0.29) is 6.54 Å². The molecular formula is C15H18N2O4. The van der Waals surface area contributed by atoms with Gasteiger partial charge in [-0.1, -0.05) is 12.1 Å². The van der Waals surface area contributed by atoms with Crippen LogP contribution in [-0.4, -0.2) is 40.9 Å². The summed E-state index contributed by atoms with van der Waals surface area (Å²) in [5.41, 5.74) is 5.74. The third kappa shape index (κ3) is 3.11. The number of ether oxygens (including phenoxy) is 1. The van der Waals surface area contributed by atoms with Crippen LogP contribution in [-0.2, 0) is 9.53 Å². The highest BCUT2D eigenvalue weighted by Crippen LogP contribution is 2.22. The van der Waals surface area contributed by atoms with Crippen LogP contribution in [0.1, 0.15) is 41.5 Å². The number of esters is 1. The highest BCUT2D eigenvalue weighted by atomic mass is 16.6. The van der Waals surface area contributed by atoms with Gasteiger partial charge in [0.05, 0.1) is 17.7 Å². The summed E-state index contributed by atoms with van der Waals surface area (Å²) in [6.45, 7) is 4.97. The minimum atomic E-state index is -1.06. The molecule has 0 fully saturated rings. The van der Waals surface area contributed by atoms with Crippen LogP contribution in [0.2, 0.25) is 0 Å². The molecule has 21 heavy (non-hydrogen) atoms. The molecule has 0 radical (unpaired) electrons. The van der Waals surface area contributed by atoms with Crippen molar-refractivity contribution >= 4 is 17.8 Å². The van der Waals surface area contributed by atoms with Gasteiger partial charge in [-0.25, -0.2) is 0 Å². The SMILES string of the molecule is CC(C)(C)OC(=O)[C@H](N)CN1C(=O)c2ccccc2C1=O. The van der Waals surface area contributed by atoms with Crippen molar-refractivity contribution < 1.29 is 19.1 Å². The van der Waals surface area contributed by atoms with Crippen molar-refractivity contribution in [2.24, 2.45) is 5.73 Å². The lowest BCUT2D eigenvalue weighted by Gasteiger charge is -2.24. The van der Waals surface area contributed by atoms with E-state index in [4.69, 9.17) is 10.5 Å². The van der Waals surface area contributed by atoms with Gasteiger partial charge in [0.2, 0.25) is 0 Å². The van der Waals surface area contributed by atoms with E-state index in [2.05, 4.69) is 0 Å². The molecule has 1 atom stereocenters. The number of amides is 2. The van der Waals surface area contributed by atoms with Crippen molar-refractivity contribution in [2.75, 3.05) is 6.54 Å². The molecule has 2 N–H and O–H groups in total. The zero-order valence-electron chi connectivity index (χ0n) is 12.3. The first kappa shape index (κ1) is 15.2. The Bertz CT molecular complexity index is 569. The predicted molar refractivity (Wildman–Crippen MR) is 75.6 cm³/mol. The molecule has 0 aliphatic carbocycles. The van der Waals surface area contributed by atoms with Crippen LogP contribution in [0, 0.1) is 0 Å². The van der Waals surface area contributed by atoms with E-state index in [0.717, 1.165) is 4.90 Å². The lowest BCUT2D eigenvalue weighted by molar-refractivity contribution is -0.156. The van der Waals surface area contributed by atoms with Gasteiger partial charge in [0.25, 0.3) is 11.8 Å². The predicted octanol–water partition coefficient (Wildman–Crippen LogP) is 0.952. The van der Waals surface area contributed by atoms with Crippen molar-refractivity contribution in [1.82, 2.24) is 4.90 Å². The van der Waals surface area contributed by atoms with E-state index >= 15 is 0 Å². The highest BCUT2D eigenvalue weighted by Gasteiger charge is 2.37. The van der Waals surface area contributed by atoms with Gasteiger partial charge in [-0.05, 0) is 32.9 Å². The van der Waals surface area contributed by atoms with Crippen LogP contribution in [0.25, 0.3) is 0 Å². The van der Waals surface area contributed by atoms with Crippen LogP contribution in [0.5, 0.6) is 0 Å². The normalized spacial score (nSPS) is 15.9. The van der Waals surface area contributed by atoms with Crippen LogP contribution < -0.4 is 5.73 Å². The fourth-order valence-corrected chi connectivity index (χ4v) is 2.05. The quantitative estimate of drug-likeness (QED) is 0.661. The van der Waals surface area contributed by atoms with Gasteiger partial charge < -0.3 is 10.5 Å². The van der Waals surface area contributed by atoms with Gasteiger partial charge in [-0.2, -0.15) is 0 Å². The molecule has 1 aliphatic rings. The largest absolute Gasteiger partial charge is 0.459 e. The fraction of sp³-hybridized carbons (Fsp3) is 0.400. The number of rotatable bonds is 3. The summed E-state index contributed by atoms with van der Waals surface area (Å²) in [4.78, 5) is 37.1. The highest BCUT2D eigenvalue weighted by molar-refractivity contribution is 6.21. The number of nitrogens with zero attached hydrogens (tertiary/aromatic N) is 1. The Balaban J connectivity index is 2.10. The van der Waals surface area contributed by atoms with Crippen LogP contribution in [0.3, 0.4) is 0 Å². The van der Waals surface area contributed by atoms with Crippen LogP contribution in [0.15, 0.2) is 24.3 Å².